The third-order valence-electron chi connectivity index (χ3n) is 5.47. The first-order chi connectivity index (χ1) is 19.3. The zero-order valence-electron chi connectivity index (χ0n) is 22.8. The Morgan fingerprint density at radius 3 is 2.22 bits per heavy atom. The summed E-state index contributed by atoms with van der Waals surface area (Å²) in [4.78, 5) is 70.6. The molecule has 0 saturated carbocycles. The summed E-state index contributed by atoms with van der Waals surface area (Å²) < 4.78 is 39.2. The van der Waals surface area contributed by atoms with Crippen LogP contribution in [-0.4, -0.2) is 82.1 Å². The van der Waals surface area contributed by atoms with E-state index >= 15 is 0 Å². The number of ether oxygens (including phenoxy) is 5. The summed E-state index contributed by atoms with van der Waals surface area (Å²) in [6, 6.07) is 2.37. The van der Waals surface area contributed by atoms with Gasteiger partial charge >= 0.3 is 31.5 Å². The minimum absolute atomic E-state index is 0.0774. The van der Waals surface area contributed by atoms with Crippen LogP contribution in [0.25, 0.3) is 0 Å². The smallest absolute Gasteiger partial charge is 0.325 e. The van der Waals surface area contributed by atoms with Gasteiger partial charge in [-0.3, -0.25) is 24.3 Å². The van der Waals surface area contributed by atoms with E-state index in [1.165, 1.54) is 18.3 Å². The lowest BCUT2D eigenvalue weighted by Crippen LogP contribution is -2.62. The van der Waals surface area contributed by atoms with Crippen LogP contribution in [0.4, 0.5) is 10.6 Å². The van der Waals surface area contributed by atoms with E-state index in [2.05, 4.69) is 21.5 Å². The summed E-state index contributed by atoms with van der Waals surface area (Å²) in [6.45, 7) is 3.67. The second kappa shape index (κ2) is 15.9. The SMILES string of the molecule is C#CCCCCNC(=O)Nc1ccc(O[C@H]2O[C@H](CCP(=O)(O)O)[C@@H](OC(C)=O)[C@H](OC(C)=O)[C@@H]2OC(C)=O)cn1. The number of rotatable bonds is 13. The molecule has 15 nitrogen and oxygen atoms in total. The molecule has 1 aromatic heterocycles. The van der Waals surface area contributed by atoms with E-state index in [9.17, 15) is 33.5 Å². The molecule has 41 heavy (non-hydrogen) atoms. The van der Waals surface area contributed by atoms with Gasteiger partial charge in [0.2, 0.25) is 12.4 Å². The second-order valence-electron chi connectivity index (χ2n) is 8.98. The van der Waals surface area contributed by atoms with Gasteiger partial charge in [-0.1, -0.05) is 0 Å². The lowest BCUT2D eigenvalue weighted by molar-refractivity contribution is -0.283. The van der Waals surface area contributed by atoms with Crippen molar-refractivity contribution < 1.29 is 57.2 Å². The molecule has 1 aliphatic heterocycles. The van der Waals surface area contributed by atoms with Crippen molar-refractivity contribution in [3.63, 3.8) is 0 Å². The number of carbonyl (C=O) groups excluding carboxylic acids is 4. The van der Waals surface area contributed by atoms with Crippen molar-refractivity contribution in [1.82, 2.24) is 10.3 Å². The molecule has 226 valence electrons. The summed E-state index contributed by atoms with van der Waals surface area (Å²) in [5, 5.41) is 5.22. The highest BCUT2D eigenvalue weighted by Crippen LogP contribution is 2.39. The van der Waals surface area contributed by atoms with Crippen LogP contribution in [0.2, 0.25) is 0 Å². The van der Waals surface area contributed by atoms with Crippen molar-refractivity contribution >= 4 is 37.4 Å². The maximum atomic E-state index is 12.1. The van der Waals surface area contributed by atoms with Crippen LogP contribution in [0.3, 0.4) is 0 Å². The Balaban J connectivity index is 2.24. The van der Waals surface area contributed by atoms with Crippen LogP contribution < -0.4 is 15.4 Å². The Morgan fingerprint density at radius 1 is 1.02 bits per heavy atom. The Hall–Kier alpha value is -3.70. The molecule has 2 rings (SSSR count). The first-order valence-electron chi connectivity index (χ1n) is 12.6. The number of terminal acetylenes is 1. The van der Waals surface area contributed by atoms with Gasteiger partial charge in [-0.05, 0) is 31.4 Å². The molecule has 4 N–H and O–H groups in total. The predicted octanol–water partition coefficient (Wildman–Crippen LogP) is 1.47. The third kappa shape index (κ3) is 12.1. The molecule has 1 aromatic rings. The van der Waals surface area contributed by atoms with Crippen LogP contribution in [0.15, 0.2) is 18.3 Å². The fourth-order valence-electron chi connectivity index (χ4n) is 3.85. The van der Waals surface area contributed by atoms with Gasteiger partial charge in [-0.2, -0.15) is 0 Å². The molecule has 0 aromatic carbocycles. The lowest BCUT2D eigenvalue weighted by Gasteiger charge is -2.44. The number of hydrogen-bond acceptors (Lipinski definition) is 11. The van der Waals surface area contributed by atoms with E-state index in [-0.39, 0.29) is 18.0 Å². The number of hydrogen-bond donors (Lipinski definition) is 4. The van der Waals surface area contributed by atoms with Gasteiger partial charge in [0.25, 0.3) is 0 Å². The van der Waals surface area contributed by atoms with Crippen molar-refractivity contribution in [3.8, 4) is 18.1 Å². The van der Waals surface area contributed by atoms with Crippen molar-refractivity contribution in [3.05, 3.63) is 18.3 Å². The van der Waals surface area contributed by atoms with E-state index in [0.29, 0.717) is 19.4 Å². The number of unbranched alkanes of at least 4 members (excludes halogenated alkanes) is 2. The van der Waals surface area contributed by atoms with Gasteiger partial charge in [0, 0.05) is 33.7 Å². The van der Waals surface area contributed by atoms with E-state index in [1.807, 2.05) is 0 Å². The highest BCUT2D eigenvalue weighted by Gasteiger charge is 2.53. The van der Waals surface area contributed by atoms with Crippen molar-refractivity contribution in [2.75, 3.05) is 18.0 Å². The van der Waals surface area contributed by atoms with Gasteiger partial charge in [0.1, 0.15) is 17.7 Å². The predicted molar refractivity (Wildman–Crippen MR) is 141 cm³/mol. The Labute approximate surface area is 236 Å². The van der Waals surface area contributed by atoms with Crippen LogP contribution in [0, 0.1) is 12.3 Å². The average molecular weight is 600 g/mol. The number of nitrogens with one attached hydrogen (secondary N) is 2. The molecule has 1 fully saturated rings. The minimum atomic E-state index is -4.51. The first kappa shape index (κ1) is 33.5. The van der Waals surface area contributed by atoms with Crippen molar-refractivity contribution in [2.24, 2.45) is 0 Å². The Bertz CT molecular complexity index is 1150. The number of aromatic nitrogens is 1. The fraction of sp³-hybridized carbons (Fsp3) is 0.560. The number of urea groups is 1. The largest absolute Gasteiger partial charge is 0.459 e. The zero-order chi connectivity index (χ0) is 30.6. The summed E-state index contributed by atoms with van der Waals surface area (Å²) >= 11 is 0. The maximum absolute atomic E-state index is 12.1. The van der Waals surface area contributed by atoms with E-state index in [1.54, 1.807) is 0 Å². The number of nitrogens with zero attached hydrogens (tertiary/aromatic N) is 1. The van der Waals surface area contributed by atoms with E-state index in [0.717, 1.165) is 27.2 Å². The molecule has 0 spiro atoms. The first-order valence-corrected chi connectivity index (χ1v) is 14.4. The molecule has 0 bridgehead atoms. The third-order valence-corrected chi connectivity index (χ3v) is 6.31. The lowest BCUT2D eigenvalue weighted by atomic mass is 9.96. The fourth-order valence-corrected chi connectivity index (χ4v) is 4.44. The zero-order valence-corrected chi connectivity index (χ0v) is 23.7. The second-order valence-corrected chi connectivity index (χ2v) is 10.8. The van der Waals surface area contributed by atoms with Crippen molar-refractivity contribution in [1.29, 1.82) is 0 Å². The Morgan fingerprint density at radius 2 is 1.66 bits per heavy atom. The molecule has 2 amide bonds. The number of anilines is 1. The number of carbonyl (C=O) groups is 4. The average Bonchev–Trinajstić information content (AvgIpc) is 2.86. The molecular weight excluding hydrogens is 565 g/mol. The van der Waals surface area contributed by atoms with Gasteiger partial charge in [0.05, 0.1) is 12.4 Å². The highest BCUT2D eigenvalue weighted by molar-refractivity contribution is 7.51. The molecule has 5 atom stereocenters. The molecule has 1 aliphatic rings. The summed E-state index contributed by atoms with van der Waals surface area (Å²) in [6.07, 6.45) is 0.557. The number of esters is 3. The van der Waals surface area contributed by atoms with Crippen LogP contribution in [-0.2, 0) is 37.9 Å². The molecule has 2 heterocycles. The molecule has 0 radical (unpaired) electrons. The summed E-state index contributed by atoms with van der Waals surface area (Å²) in [5.41, 5.74) is 0. The Kier molecular flexibility index (Phi) is 13.0. The number of pyridine rings is 1. The van der Waals surface area contributed by atoms with Crippen LogP contribution in [0.5, 0.6) is 5.75 Å². The highest BCUT2D eigenvalue weighted by atomic mass is 31.2. The molecule has 16 heteroatoms. The molecular formula is C25H34N3O12P. The van der Waals surface area contributed by atoms with Gasteiger partial charge < -0.3 is 38.8 Å². The van der Waals surface area contributed by atoms with Gasteiger partial charge in [-0.25, -0.2) is 9.78 Å². The minimum Gasteiger partial charge on any atom is -0.459 e. The molecule has 1 saturated heterocycles. The normalized spacial score (nSPS) is 22.0. The standard InChI is InChI=1S/C25H34N3O12P/c1-5-6-7-8-12-26-25(32)28-20-10-9-18(14-27-20)39-24-23(38-17(4)31)22(37-16(3)30)21(36-15(2)29)19(40-24)11-13-41(33,34)35/h1,9-10,14,19,21-24H,6-8,11-13H2,2-4H3,(H2,33,34,35)(H2,26,27,28,32)/t19-,21-,22+,23+,24+/m1/s1. The van der Waals surface area contributed by atoms with Crippen LogP contribution >= 0.6 is 7.60 Å². The maximum Gasteiger partial charge on any atom is 0.325 e. The van der Waals surface area contributed by atoms with Gasteiger partial charge in [0.15, 0.2) is 12.2 Å². The summed E-state index contributed by atoms with van der Waals surface area (Å²) in [7, 11) is -4.51. The van der Waals surface area contributed by atoms with E-state index in [4.69, 9.17) is 30.1 Å². The molecule has 0 aliphatic carbocycles. The van der Waals surface area contributed by atoms with Crippen molar-refractivity contribution in [2.45, 2.75) is 77.2 Å². The van der Waals surface area contributed by atoms with Gasteiger partial charge in [-0.15, -0.1) is 12.3 Å². The molecule has 0 unspecified atom stereocenters. The summed E-state index contributed by atoms with van der Waals surface area (Å²) in [5.74, 6) is 0.362. The topological polar surface area (TPSA) is 209 Å². The quantitative estimate of drug-likeness (QED) is 0.0833. The van der Waals surface area contributed by atoms with Crippen LogP contribution in [0.1, 0.15) is 46.5 Å². The monoisotopic (exact) mass is 599 g/mol. The number of amides is 2. The van der Waals surface area contributed by atoms with E-state index < -0.39 is 68.4 Å².